The molecule has 2 aromatic heterocycles. The number of amides is 1. The molecule has 160 valence electrons. The van der Waals surface area contributed by atoms with Crippen LogP contribution in [0.15, 0.2) is 24.3 Å². The summed E-state index contributed by atoms with van der Waals surface area (Å²) in [6.07, 6.45) is 11.6. The first-order valence-electron chi connectivity index (χ1n) is 11.5. The van der Waals surface area contributed by atoms with E-state index in [4.69, 9.17) is 15.7 Å². The lowest BCUT2D eigenvalue weighted by Crippen LogP contribution is -2.33. The largest absolute Gasteiger partial charge is 0.384 e. The molecular weight excluding hydrogens is 374 g/mol. The number of aryl methyl sites for hydroxylation is 1. The number of nitrogens with one attached hydrogen (secondary N) is 1. The molecule has 2 heterocycles. The van der Waals surface area contributed by atoms with Gasteiger partial charge in [0.1, 0.15) is 16.9 Å². The summed E-state index contributed by atoms with van der Waals surface area (Å²) in [7, 11) is 0. The fraction of sp³-hybridized carbons (Fsp3) is 0.542. The normalized spacial score (nSPS) is 14.7. The van der Waals surface area contributed by atoms with Crippen LogP contribution in [-0.2, 0) is 6.54 Å². The van der Waals surface area contributed by atoms with E-state index in [2.05, 4.69) is 12.2 Å². The van der Waals surface area contributed by atoms with Gasteiger partial charge in [0.25, 0.3) is 5.91 Å². The molecule has 0 radical (unpaired) electrons. The number of carbonyl (C=O) groups excluding carboxylic acids is 1. The molecule has 1 saturated carbocycles. The standard InChI is InChI=1S/C24H33N5O/c1-2-3-4-5-6-11-16-29-22(25)20(24(30)26-17-12-7-8-13-17)21-23(29)28-19-15-10-9-14-18(19)27-21/h9-10,14-15,17H,2-8,11-13,16,25H2,1H3,(H,26,30). The molecule has 6 heteroatoms. The third kappa shape index (κ3) is 4.27. The summed E-state index contributed by atoms with van der Waals surface area (Å²) in [6, 6.07) is 8.03. The molecule has 0 atom stereocenters. The maximum atomic E-state index is 13.2. The van der Waals surface area contributed by atoms with Gasteiger partial charge < -0.3 is 15.6 Å². The topological polar surface area (TPSA) is 85.8 Å². The van der Waals surface area contributed by atoms with Gasteiger partial charge in [0.05, 0.1) is 11.0 Å². The van der Waals surface area contributed by atoms with E-state index in [0.717, 1.165) is 48.9 Å². The summed E-state index contributed by atoms with van der Waals surface area (Å²) in [4.78, 5) is 22.8. The summed E-state index contributed by atoms with van der Waals surface area (Å²) in [5, 5.41) is 3.18. The Balaban J connectivity index is 1.65. The van der Waals surface area contributed by atoms with E-state index in [-0.39, 0.29) is 11.9 Å². The maximum Gasteiger partial charge on any atom is 0.257 e. The number of hydrogen-bond acceptors (Lipinski definition) is 4. The van der Waals surface area contributed by atoms with Gasteiger partial charge in [-0.25, -0.2) is 9.97 Å². The van der Waals surface area contributed by atoms with Crippen molar-refractivity contribution < 1.29 is 4.79 Å². The van der Waals surface area contributed by atoms with Crippen LogP contribution in [0.5, 0.6) is 0 Å². The highest BCUT2D eigenvalue weighted by molar-refractivity contribution is 6.10. The highest BCUT2D eigenvalue weighted by Crippen LogP contribution is 2.29. The molecule has 1 aromatic carbocycles. The molecule has 0 aliphatic heterocycles. The Bertz CT molecular complexity index is 1020. The number of carbonyl (C=O) groups is 1. The Labute approximate surface area is 178 Å². The number of hydrogen-bond donors (Lipinski definition) is 2. The van der Waals surface area contributed by atoms with Crippen molar-refractivity contribution in [2.45, 2.75) is 83.7 Å². The number of benzene rings is 1. The van der Waals surface area contributed by atoms with Gasteiger partial charge in [-0.2, -0.15) is 0 Å². The van der Waals surface area contributed by atoms with Crippen molar-refractivity contribution in [3.63, 3.8) is 0 Å². The minimum absolute atomic E-state index is 0.115. The molecule has 3 aromatic rings. The first-order chi connectivity index (χ1) is 14.7. The Kier molecular flexibility index (Phi) is 6.50. The lowest BCUT2D eigenvalue weighted by Gasteiger charge is -2.12. The third-order valence-electron chi connectivity index (χ3n) is 6.24. The van der Waals surface area contributed by atoms with E-state index in [9.17, 15) is 4.79 Å². The number of unbranched alkanes of at least 4 members (excludes halogenated alkanes) is 5. The minimum Gasteiger partial charge on any atom is -0.384 e. The van der Waals surface area contributed by atoms with Crippen LogP contribution in [0, 0.1) is 0 Å². The monoisotopic (exact) mass is 407 g/mol. The number of aromatic nitrogens is 3. The first-order valence-corrected chi connectivity index (χ1v) is 11.5. The smallest absolute Gasteiger partial charge is 0.257 e. The van der Waals surface area contributed by atoms with Gasteiger partial charge in [0.15, 0.2) is 5.65 Å². The number of anilines is 1. The van der Waals surface area contributed by atoms with Crippen LogP contribution in [0.25, 0.3) is 22.2 Å². The van der Waals surface area contributed by atoms with Gasteiger partial charge in [-0.3, -0.25) is 4.79 Å². The predicted molar refractivity (Wildman–Crippen MR) is 123 cm³/mol. The van der Waals surface area contributed by atoms with E-state index in [1.165, 1.54) is 38.5 Å². The zero-order valence-electron chi connectivity index (χ0n) is 18.0. The average molecular weight is 408 g/mol. The predicted octanol–water partition coefficient (Wildman–Crippen LogP) is 5.20. The fourth-order valence-corrected chi connectivity index (χ4v) is 4.55. The first kappa shape index (κ1) is 20.6. The summed E-state index contributed by atoms with van der Waals surface area (Å²) in [6.45, 7) is 2.99. The number of fused-ring (bicyclic) bond motifs is 2. The molecule has 30 heavy (non-hydrogen) atoms. The van der Waals surface area contributed by atoms with Crippen molar-refractivity contribution in [2.24, 2.45) is 0 Å². The van der Waals surface area contributed by atoms with Crippen molar-refractivity contribution in [1.29, 1.82) is 0 Å². The third-order valence-corrected chi connectivity index (χ3v) is 6.24. The molecule has 1 aliphatic carbocycles. The van der Waals surface area contributed by atoms with Gasteiger partial charge >= 0.3 is 0 Å². The SMILES string of the molecule is CCCCCCCCn1c(N)c(C(=O)NC2CCCC2)c2nc3ccccc3nc21. The Hall–Kier alpha value is -2.63. The lowest BCUT2D eigenvalue weighted by atomic mass is 10.1. The fourth-order valence-electron chi connectivity index (χ4n) is 4.55. The van der Waals surface area contributed by atoms with E-state index in [1.54, 1.807) is 0 Å². The van der Waals surface area contributed by atoms with Gasteiger partial charge in [0.2, 0.25) is 0 Å². The Morgan fingerprint density at radius 1 is 1.07 bits per heavy atom. The Morgan fingerprint density at radius 3 is 2.47 bits per heavy atom. The van der Waals surface area contributed by atoms with Crippen molar-refractivity contribution in [3.8, 4) is 0 Å². The van der Waals surface area contributed by atoms with Crippen LogP contribution in [-0.4, -0.2) is 26.5 Å². The molecule has 1 fully saturated rings. The van der Waals surface area contributed by atoms with Gasteiger partial charge in [-0.15, -0.1) is 0 Å². The highest BCUT2D eigenvalue weighted by Gasteiger charge is 2.26. The second-order valence-electron chi connectivity index (χ2n) is 8.52. The average Bonchev–Trinajstić information content (AvgIpc) is 3.34. The second kappa shape index (κ2) is 9.45. The molecule has 6 nitrogen and oxygen atoms in total. The lowest BCUT2D eigenvalue weighted by molar-refractivity contribution is 0.0940. The number of rotatable bonds is 9. The van der Waals surface area contributed by atoms with E-state index >= 15 is 0 Å². The summed E-state index contributed by atoms with van der Waals surface area (Å²) >= 11 is 0. The van der Waals surface area contributed by atoms with E-state index < -0.39 is 0 Å². The molecule has 3 N–H and O–H groups in total. The number of nitrogens with two attached hydrogens (primary N) is 1. The molecule has 1 aliphatic rings. The second-order valence-corrected chi connectivity index (χ2v) is 8.52. The van der Waals surface area contributed by atoms with E-state index in [1.807, 2.05) is 28.8 Å². The minimum atomic E-state index is -0.115. The van der Waals surface area contributed by atoms with Crippen LogP contribution < -0.4 is 11.1 Å². The quantitative estimate of drug-likeness (QED) is 0.477. The molecule has 0 saturated heterocycles. The van der Waals surface area contributed by atoms with Crippen molar-refractivity contribution in [2.75, 3.05) is 5.73 Å². The van der Waals surface area contributed by atoms with Crippen LogP contribution in [0.2, 0.25) is 0 Å². The zero-order valence-corrected chi connectivity index (χ0v) is 18.0. The molecule has 0 bridgehead atoms. The summed E-state index contributed by atoms with van der Waals surface area (Å²) in [5.41, 5.74) is 9.98. The molecule has 1 amide bonds. The molecule has 4 rings (SSSR count). The molecule has 0 unspecified atom stereocenters. The van der Waals surface area contributed by atoms with Gasteiger partial charge in [-0.1, -0.05) is 64.0 Å². The number of nitrogens with zero attached hydrogens (tertiary/aromatic N) is 3. The van der Waals surface area contributed by atoms with Gasteiger partial charge in [-0.05, 0) is 31.4 Å². The van der Waals surface area contributed by atoms with Gasteiger partial charge in [0, 0.05) is 12.6 Å². The van der Waals surface area contributed by atoms with Crippen molar-refractivity contribution in [1.82, 2.24) is 19.9 Å². The van der Waals surface area contributed by atoms with Crippen LogP contribution >= 0.6 is 0 Å². The van der Waals surface area contributed by atoms with E-state index in [0.29, 0.717) is 16.9 Å². The Morgan fingerprint density at radius 2 is 1.73 bits per heavy atom. The van der Waals surface area contributed by atoms with Crippen molar-refractivity contribution >= 4 is 33.9 Å². The zero-order chi connectivity index (χ0) is 20.9. The number of para-hydroxylation sites is 2. The highest BCUT2D eigenvalue weighted by atomic mass is 16.1. The van der Waals surface area contributed by atoms with Crippen molar-refractivity contribution in [3.05, 3.63) is 29.8 Å². The van der Waals surface area contributed by atoms with Crippen LogP contribution in [0.1, 0.15) is 81.5 Å². The summed E-state index contributed by atoms with van der Waals surface area (Å²) < 4.78 is 2.00. The van der Waals surface area contributed by atoms with Crippen LogP contribution in [0.4, 0.5) is 5.82 Å². The summed E-state index contributed by atoms with van der Waals surface area (Å²) in [5.74, 6) is 0.375. The van der Waals surface area contributed by atoms with Crippen LogP contribution in [0.3, 0.4) is 0 Å². The molecular formula is C24H33N5O. The maximum absolute atomic E-state index is 13.2. The number of nitrogen functional groups attached to an aromatic ring is 1. The molecule has 0 spiro atoms.